The highest BCUT2D eigenvalue weighted by Crippen LogP contribution is 2.29. The summed E-state index contributed by atoms with van der Waals surface area (Å²) in [5.74, 6) is -0.417. The Kier molecular flexibility index (Phi) is 3.58. The summed E-state index contributed by atoms with van der Waals surface area (Å²) in [7, 11) is 0. The minimum Gasteiger partial charge on any atom is -0.478 e. The topological polar surface area (TPSA) is 59.4 Å². The van der Waals surface area contributed by atoms with Gasteiger partial charge in [0, 0.05) is 16.7 Å². The third-order valence-corrected chi connectivity index (χ3v) is 3.46. The van der Waals surface area contributed by atoms with Crippen molar-refractivity contribution in [1.82, 2.24) is 4.98 Å². The standard InChI is InChI=1S/C16H10BrNO3/c17-12-5-6-15(18-9-12)21-14-8-11-4-2-1-3-10(11)7-13(14)16(19)20/h1-9H,(H,19,20). The van der Waals surface area contributed by atoms with Crippen LogP contribution in [0, 0.1) is 0 Å². The molecule has 0 bridgehead atoms. The highest BCUT2D eigenvalue weighted by atomic mass is 79.9. The van der Waals surface area contributed by atoms with Crippen LogP contribution in [0.2, 0.25) is 0 Å². The van der Waals surface area contributed by atoms with E-state index >= 15 is 0 Å². The molecule has 0 aliphatic rings. The molecule has 1 heterocycles. The van der Waals surface area contributed by atoms with Gasteiger partial charge in [0.15, 0.2) is 0 Å². The van der Waals surface area contributed by atoms with Crippen molar-refractivity contribution in [2.75, 3.05) is 0 Å². The normalized spacial score (nSPS) is 10.5. The summed E-state index contributed by atoms with van der Waals surface area (Å²) in [6, 6.07) is 14.3. The minimum absolute atomic E-state index is 0.110. The van der Waals surface area contributed by atoms with Gasteiger partial charge in [0.25, 0.3) is 0 Å². The third kappa shape index (κ3) is 2.87. The first kappa shape index (κ1) is 13.6. The maximum atomic E-state index is 11.4. The second kappa shape index (κ2) is 5.54. The Hall–Kier alpha value is -2.40. The average Bonchev–Trinajstić information content (AvgIpc) is 2.48. The monoisotopic (exact) mass is 343 g/mol. The second-order valence-corrected chi connectivity index (χ2v) is 5.33. The summed E-state index contributed by atoms with van der Waals surface area (Å²) in [5.41, 5.74) is 0.110. The number of aromatic carboxylic acids is 1. The van der Waals surface area contributed by atoms with E-state index in [0.717, 1.165) is 15.2 Å². The van der Waals surface area contributed by atoms with Crippen molar-refractivity contribution in [1.29, 1.82) is 0 Å². The molecular formula is C16H10BrNO3. The van der Waals surface area contributed by atoms with Gasteiger partial charge in [0.1, 0.15) is 11.3 Å². The maximum Gasteiger partial charge on any atom is 0.339 e. The van der Waals surface area contributed by atoms with E-state index in [4.69, 9.17) is 4.74 Å². The van der Waals surface area contributed by atoms with Crippen LogP contribution in [-0.4, -0.2) is 16.1 Å². The van der Waals surface area contributed by atoms with Crippen molar-refractivity contribution in [2.45, 2.75) is 0 Å². The largest absolute Gasteiger partial charge is 0.478 e. The third-order valence-electron chi connectivity index (χ3n) is 2.99. The second-order valence-electron chi connectivity index (χ2n) is 4.42. The molecule has 0 unspecified atom stereocenters. The number of benzene rings is 2. The highest BCUT2D eigenvalue weighted by molar-refractivity contribution is 9.10. The van der Waals surface area contributed by atoms with Crippen LogP contribution in [-0.2, 0) is 0 Å². The fourth-order valence-electron chi connectivity index (χ4n) is 2.01. The molecule has 0 atom stereocenters. The number of hydrogen-bond acceptors (Lipinski definition) is 3. The number of carboxylic acid groups (broad SMARTS) is 1. The number of ether oxygens (including phenoxy) is 1. The van der Waals surface area contributed by atoms with E-state index in [1.165, 1.54) is 0 Å². The summed E-state index contributed by atoms with van der Waals surface area (Å²) in [4.78, 5) is 15.5. The fraction of sp³-hybridized carbons (Fsp3) is 0. The lowest BCUT2D eigenvalue weighted by Crippen LogP contribution is -2.00. The lowest BCUT2D eigenvalue weighted by Gasteiger charge is -2.09. The van der Waals surface area contributed by atoms with Gasteiger partial charge in [-0.15, -0.1) is 0 Å². The first-order valence-electron chi connectivity index (χ1n) is 6.19. The quantitative estimate of drug-likeness (QED) is 0.761. The molecule has 1 N–H and O–H groups in total. The number of fused-ring (bicyclic) bond motifs is 1. The van der Waals surface area contributed by atoms with Gasteiger partial charge in [-0.2, -0.15) is 0 Å². The Morgan fingerprint density at radius 1 is 1.10 bits per heavy atom. The molecule has 0 saturated carbocycles. The Bertz CT molecular complexity index is 815. The number of pyridine rings is 1. The van der Waals surface area contributed by atoms with Gasteiger partial charge in [0.2, 0.25) is 5.88 Å². The molecule has 0 saturated heterocycles. The van der Waals surface area contributed by atoms with E-state index < -0.39 is 5.97 Å². The molecule has 21 heavy (non-hydrogen) atoms. The molecule has 0 spiro atoms. The summed E-state index contributed by atoms with van der Waals surface area (Å²) >= 11 is 3.29. The summed E-state index contributed by atoms with van der Waals surface area (Å²) in [5, 5.41) is 11.1. The lowest BCUT2D eigenvalue weighted by molar-refractivity contribution is 0.0694. The Morgan fingerprint density at radius 2 is 1.81 bits per heavy atom. The summed E-state index contributed by atoms with van der Waals surface area (Å²) < 4.78 is 6.45. The van der Waals surface area contributed by atoms with Crippen LogP contribution in [0.15, 0.2) is 59.2 Å². The lowest BCUT2D eigenvalue weighted by atomic mass is 10.1. The van der Waals surface area contributed by atoms with Gasteiger partial charge >= 0.3 is 5.97 Å². The van der Waals surface area contributed by atoms with Crippen LogP contribution in [0.4, 0.5) is 0 Å². The van der Waals surface area contributed by atoms with Gasteiger partial charge in [0.05, 0.1) is 0 Å². The minimum atomic E-state index is -1.03. The van der Waals surface area contributed by atoms with E-state index in [2.05, 4.69) is 20.9 Å². The van der Waals surface area contributed by atoms with E-state index in [9.17, 15) is 9.90 Å². The number of hydrogen-bond donors (Lipinski definition) is 1. The van der Waals surface area contributed by atoms with Crippen molar-refractivity contribution < 1.29 is 14.6 Å². The van der Waals surface area contributed by atoms with Gasteiger partial charge < -0.3 is 9.84 Å². The molecule has 0 radical (unpaired) electrons. The first-order valence-corrected chi connectivity index (χ1v) is 6.98. The average molecular weight is 344 g/mol. The fourth-order valence-corrected chi connectivity index (χ4v) is 2.24. The summed E-state index contributed by atoms with van der Waals surface area (Å²) in [6.45, 7) is 0. The molecule has 3 rings (SSSR count). The maximum absolute atomic E-state index is 11.4. The number of carbonyl (C=O) groups is 1. The predicted octanol–water partition coefficient (Wildman–Crippen LogP) is 4.49. The predicted molar refractivity (Wildman–Crippen MR) is 82.9 cm³/mol. The van der Waals surface area contributed by atoms with E-state index in [1.807, 2.05) is 24.3 Å². The Morgan fingerprint density at radius 3 is 2.43 bits per heavy atom. The highest BCUT2D eigenvalue weighted by Gasteiger charge is 2.14. The number of rotatable bonds is 3. The van der Waals surface area contributed by atoms with Crippen molar-refractivity contribution in [3.63, 3.8) is 0 Å². The number of halogens is 1. The molecule has 0 amide bonds. The van der Waals surface area contributed by atoms with Crippen LogP contribution in [0.1, 0.15) is 10.4 Å². The molecule has 2 aromatic carbocycles. The van der Waals surface area contributed by atoms with Crippen LogP contribution in [0.3, 0.4) is 0 Å². The summed E-state index contributed by atoms with van der Waals surface area (Å²) in [6.07, 6.45) is 1.59. The molecule has 0 fully saturated rings. The van der Waals surface area contributed by atoms with Gasteiger partial charge in [-0.3, -0.25) is 0 Å². The molecule has 3 aromatic rings. The van der Waals surface area contributed by atoms with Crippen LogP contribution in [0.25, 0.3) is 10.8 Å². The number of aromatic nitrogens is 1. The molecule has 4 nitrogen and oxygen atoms in total. The molecule has 1 aromatic heterocycles. The molecule has 104 valence electrons. The smallest absolute Gasteiger partial charge is 0.339 e. The van der Waals surface area contributed by atoms with Crippen molar-refractivity contribution >= 4 is 32.7 Å². The first-order chi connectivity index (χ1) is 10.1. The van der Waals surface area contributed by atoms with Gasteiger partial charge in [-0.05, 0) is 44.9 Å². The Labute approximate surface area is 129 Å². The van der Waals surface area contributed by atoms with E-state index in [0.29, 0.717) is 5.88 Å². The molecule has 0 aliphatic heterocycles. The van der Waals surface area contributed by atoms with E-state index in [-0.39, 0.29) is 11.3 Å². The number of carboxylic acids is 1. The SMILES string of the molecule is O=C(O)c1cc2ccccc2cc1Oc1ccc(Br)cn1. The molecular weight excluding hydrogens is 334 g/mol. The number of nitrogens with zero attached hydrogens (tertiary/aromatic N) is 1. The molecule has 5 heteroatoms. The van der Waals surface area contributed by atoms with Gasteiger partial charge in [-0.1, -0.05) is 24.3 Å². The Balaban J connectivity index is 2.09. The zero-order valence-electron chi connectivity index (χ0n) is 10.8. The van der Waals surface area contributed by atoms with E-state index in [1.54, 1.807) is 30.5 Å². The molecule has 0 aliphatic carbocycles. The van der Waals surface area contributed by atoms with Crippen molar-refractivity contribution in [2.24, 2.45) is 0 Å². The van der Waals surface area contributed by atoms with Crippen molar-refractivity contribution in [3.8, 4) is 11.6 Å². The zero-order chi connectivity index (χ0) is 14.8. The van der Waals surface area contributed by atoms with Crippen LogP contribution in [0.5, 0.6) is 11.6 Å². The van der Waals surface area contributed by atoms with Crippen molar-refractivity contribution in [3.05, 3.63) is 64.8 Å². The zero-order valence-corrected chi connectivity index (χ0v) is 12.4. The van der Waals surface area contributed by atoms with Gasteiger partial charge in [-0.25, -0.2) is 9.78 Å². The van der Waals surface area contributed by atoms with Crippen LogP contribution >= 0.6 is 15.9 Å². The van der Waals surface area contributed by atoms with Crippen LogP contribution < -0.4 is 4.74 Å².